The molecule has 1 N–H and O–H groups in total. The van der Waals surface area contributed by atoms with Crippen LogP contribution in [0.1, 0.15) is 53.0 Å². The average molecular weight is 376 g/mol. The largest absolute Gasteiger partial charge is 0.486 e. The molecule has 5 heteroatoms. The molecule has 0 unspecified atom stereocenters. The van der Waals surface area contributed by atoms with Crippen molar-refractivity contribution in [3.8, 4) is 11.5 Å². The summed E-state index contributed by atoms with van der Waals surface area (Å²) in [6.07, 6.45) is 2.31. The van der Waals surface area contributed by atoms with Crippen LogP contribution in [-0.4, -0.2) is 38.4 Å². The molecule has 1 amide bonds. The van der Waals surface area contributed by atoms with Gasteiger partial charge in [-0.05, 0) is 49.8 Å². The summed E-state index contributed by atoms with van der Waals surface area (Å²) in [5, 5.41) is 3.18. The third-order valence-electron chi connectivity index (χ3n) is 5.65. The maximum absolute atomic E-state index is 13.0. The standard InChI is InChI=1S/C22H33NO4/c1-21(2,3)19-15(7-6-10-27-19)14-23-20(24)22(4,5)16-8-9-17-18(13-16)26-12-11-25-17/h8-9,13,15,19H,6-7,10-12,14H2,1-5H3,(H,23,24)/t15-,19+/m0/s1. The fraction of sp³-hybridized carbons (Fsp3) is 0.682. The molecular weight excluding hydrogens is 342 g/mol. The van der Waals surface area contributed by atoms with E-state index in [4.69, 9.17) is 14.2 Å². The van der Waals surface area contributed by atoms with Crippen LogP contribution in [0.4, 0.5) is 0 Å². The number of amides is 1. The molecule has 1 aromatic rings. The lowest BCUT2D eigenvalue weighted by Gasteiger charge is -2.40. The highest BCUT2D eigenvalue weighted by Gasteiger charge is 2.37. The molecule has 1 aromatic carbocycles. The third kappa shape index (κ3) is 4.40. The van der Waals surface area contributed by atoms with Crippen LogP contribution in [0.5, 0.6) is 11.5 Å². The van der Waals surface area contributed by atoms with E-state index in [1.807, 2.05) is 32.0 Å². The Morgan fingerprint density at radius 1 is 1.07 bits per heavy atom. The minimum atomic E-state index is -0.650. The van der Waals surface area contributed by atoms with Crippen LogP contribution >= 0.6 is 0 Å². The Labute approximate surface area is 162 Å². The fourth-order valence-corrected chi connectivity index (χ4v) is 4.02. The van der Waals surface area contributed by atoms with Crippen molar-refractivity contribution < 1.29 is 19.0 Å². The van der Waals surface area contributed by atoms with E-state index in [1.54, 1.807) is 0 Å². The lowest BCUT2D eigenvalue weighted by molar-refractivity contribution is -0.127. The van der Waals surface area contributed by atoms with Crippen LogP contribution in [-0.2, 0) is 14.9 Å². The number of benzene rings is 1. The van der Waals surface area contributed by atoms with Gasteiger partial charge in [0.15, 0.2) is 11.5 Å². The van der Waals surface area contributed by atoms with Gasteiger partial charge in [0.05, 0.1) is 11.5 Å². The molecule has 0 radical (unpaired) electrons. The minimum Gasteiger partial charge on any atom is -0.486 e. The van der Waals surface area contributed by atoms with E-state index in [-0.39, 0.29) is 17.4 Å². The fourth-order valence-electron chi connectivity index (χ4n) is 4.02. The Balaban J connectivity index is 1.67. The van der Waals surface area contributed by atoms with Gasteiger partial charge in [-0.2, -0.15) is 0 Å². The highest BCUT2D eigenvalue weighted by molar-refractivity contribution is 5.87. The van der Waals surface area contributed by atoms with Crippen LogP contribution in [0.15, 0.2) is 18.2 Å². The van der Waals surface area contributed by atoms with Crippen LogP contribution in [0, 0.1) is 11.3 Å². The second-order valence-electron chi connectivity index (χ2n) is 9.25. The zero-order valence-electron chi connectivity index (χ0n) is 17.3. The van der Waals surface area contributed by atoms with E-state index >= 15 is 0 Å². The van der Waals surface area contributed by atoms with E-state index in [9.17, 15) is 4.79 Å². The second-order valence-corrected chi connectivity index (χ2v) is 9.25. The summed E-state index contributed by atoms with van der Waals surface area (Å²) in [5.41, 5.74) is 0.348. The summed E-state index contributed by atoms with van der Waals surface area (Å²) >= 11 is 0. The molecule has 2 aliphatic heterocycles. The predicted molar refractivity (Wildman–Crippen MR) is 105 cm³/mol. The second kappa shape index (κ2) is 7.70. The number of ether oxygens (including phenoxy) is 3. The Kier molecular flexibility index (Phi) is 5.71. The van der Waals surface area contributed by atoms with E-state index in [0.717, 1.165) is 30.8 Å². The van der Waals surface area contributed by atoms with Crippen LogP contribution < -0.4 is 14.8 Å². The Morgan fingerprint density at radius 2 is 1.78 bits per heavy atom. The summed E-state index contributed by atoms with van der Waals surface area (Å²) in [7, 11) is 0. The van der Waals surface area contributed by atoms with Crippen molar-refractivity contribution in [1.29, 1.82) is 0 Å². The summed E-state index contributed by atoms with van der Waals surface area (Å²) < 4.78 is 17.3. The number of hydrogen-bond acceptors (Lipinski definition) is 4. The van der Waals surface area contributed by atoms with Crippen molar-refractivity contribution in [2.75, 3.05) is 26.4 Å². The molecule has 5 nitrogen and oxygen atoms in total. The van der Waals surface area contributed by atoms with Gasteiger partial charge < -0.3 is 19.5 Å². The minimum absolute atomic E-state index is 0.0254. The number of fused-ring (bicyclic) bond motifs is 1. The first-order chi connectivity index (χ1) is 12.7. The van der Waals surface area contributed by atoms with Gasteiger partial charge in [0.25, 0.3) is 0 Å². The van der Waals surface area contributed by atoms with Crippen molar-refractivity contribution in [3.63, 3.8) is 0 Å². The van der Waals surface area contributed by atoms with E-state index in [0.29, 0.717) is 31.4 Å². The first-order valence-corrected chi connectivity index (χ1v) is 9.99. The van der Waals surface area contributed by atoms with Gasteiger partial charge in [-0.25, -0.2) is 0 Å². The van der Waals surface area contributed by atoms with Gasteiger partial charge in [-0.3, -0.25) is 4.79 Å². The van der Waals surface area contributed by atoms with Crippen LogP contribution in [0.3, 0.4) is 0 Å². The van der Waals surface area contributed by atoms with Crippen molar-refractivity contribution in [3.05, 3.63) is 23.8 Å². The monoisotopic (exact) mass is 375 g/mol. The zero-order chi connectivity index (χ0) is 19.7. The molecule has 0 saturated carbocycles. The molecule has 0 aliphatic carbocycles. The zero-order valence-corrected chi connectivity index (χ0v) is 17.3. The molecule has 2 aliphatic rings. The predicted octanol–water partition coefficient (Wildman–Crippen LogP) is 3.69. The molecule has 1 fully saturated rings. The number of carbonyl (C=O) groups excluding carboxylic acids is 1. The maximum atomic E-state index is 13.0. The third-order valence-corrected chi connectivity index (χ3v) is 5.65. The lowest BCUT2D eigenvalue weighted by atomic mass is 9.77. The smallest absolute Gasteiger partial charge is 0.230 e. The maximum Gasteiger partial charge on any atom is 0.230 e. The number of hydrogen-bond donors (Lipinski definition) is 1. The van der Waals surface area contributed by atoms with Crippen molar-refractivity contribution in [1.82, 2.24) is 5.32 Å². The van der Waals surface area contributed by atoms with Gasteiger partial charge in [0, 0.05) is 19.1 Å². The number of nitrogens with one attached hydrogen (secondary N) is 1. The van der Waals surface area contributed by atoms with E-state index in [2.05, 4.69) is 26.1 Å². The molecule has 2 heterocycles. The average Bonchev–Trinajstić information content (AvgIpc) is 2.65. The molecule has 0 bridgehead atoms. The molecule has 2 atom stereocenters. The highest BCUT2D eigenvalue weighted by Crippen LogP contribution is 2.36. The van der Waals surface area contributed by atoms with Gasteiger partial charge >= 0.3 is 0 Å². The first-order valence-electron chi connectivity index (χ1n) is 9.99. The van der Waals surface area contributed by atoms with Gasteiger partial charge in [0.1, 0.15) is 13.2 Å². The quantitative estimate of drug-likeness (QED) is 0.872. The van der Waals surface area contributed by atoms with Gasteiger partial charge in [-0.1, -0.05) is 26.8 Å². The molecule has 1 saturated heterocycles. The molecule has 3 rings (SSSR count). The lowest BCUT2D eigenvalue weighted by Crippen LogP contribution is -2.48. The molecule has 0 aromatic heterocycles. The van der Waals surface area contributed by atoms with E-state index in [1.165, 1.54) is 0 Å². The molecule has 150 valence electrons. The highest BCUT2D eigenvalue weighted by atomic mass is 16.6. The summed E-state index contributed by atoms with van der Waals surface area (Å²) in [5.74, 6) is 1.83. The van der Waals surface area contributed by atoms with Crippen molar-refractivity contribution in [2.24, 2.45) is 11.3 Å². The Hall–Kier alpha value is -1.75. The van der Waals surface area contributed by atoms with E-state index < -0.39 is 5.41 Å². The summed E-state index contributed by atoms with van der Waals surface area (Å²) in [6.45, 7) is 13.1. The normalized spacial score (nSPS) is 23.0. The summed E-state index contributed by atoms with van der Waals surface area (Å²) in [4.78, 5) is 13.0. The number of carbonyl (C=O) groups is 1. The summed E-state index contributed by atoms with van der Waals surface area (Å²) in [6, 6.07) is 5.77. The first kappa shape index (κ1) is 20.0. The molecule has 27 heavy (non-hydrogen) atoms. The van der Waals surface area contributed by atoms with Crippen LogP contribution in [0.2, 0.25) is 0 Å². The SMILES string of the molecule is CC(C)(C(=O)NC[C@@H]1CCCO[C@H]1C(C)(C)C)c1ccc2c(c1)OCCO2. The van der Waals surface area contributed by atoms with Gasteiger partial charge in [0.2, 0.25) is 5.91 Å². The molecular formula is C22H33NO4. The topological polar surface area (TPSA) is 56.8 Å². The van der Waals surface area contributed by atoms with Crippen molar-refractivity contribution >= 4 is 5.91 Å². The van der Waals surface area contributed by atoms with Gasteiger partial charge in [-0.15, -0.1) is 0 Å². The van der Waals surface area contributed by atoms with Crippen molar-refractivity contribution in [2.45, 2.75) is 59.0 Å². The Morgan fingerprint density at radius 3 is 2.48 bits per heavy atom. The Bertz CT molecular complexity index is 677. The number of rotatable bonds is 4. The molecule has 0 spiro atoms. The van der Waals surface area contributed by atoms with Crippen LogP contribution in [0.25, 0.3) is 0 Å².